The lowest BCUT2D eigenvalue weighted by Crippen LogP contribution is -2.39. The summed E-state index contributed by atoms with van der Waals surface area (Å²) in [6, 6.07) is 16.4. The van der Waals surface area contributed by atoms with E-state index >= 15 is 0 Å². The first-order valence-corrected chi connectivity index (χ1v) is 8.09. The molecule has 0 bridgehead atoms. The smallest absolute Gasteiger partial charge is 0.243 e. The van der Waals surface area contributed by atoms with Crippen LogP contribution in [0, 0.1) is 0 Å². The number of ether oxygens (including phenoxy) is 3. The van der Waals surface area contributed by atoms with E-state index in [1.807, 2.05) is 48.5 Å². The first-order valence-electron chi connectivity index (χ1n) is 8.09. The van der Waals surface area contributed by atoms with Gasteiger partial charge in [0.05, 0.1) is 19.8 Å². The van der Waals surface area contributed by atoms with Crippen molar-refractivity contribution in [1.82, 2.24) is 0 Å². The predicted octanol–water partition coefficient (Wildman–Crippen LogP) is 2.19. The van der Waals surface area contributed by atoms with Gasteiger partial charge >= 0.3 is 0 Å². The van der Waals surface area contributed by atoms with Crippen LogP contribution in [0.25, 0.3) is 0 Å². The fourth-order valence-electron chi connectivity index (χ4n) is 2.15. The summed E-state index contributed by atoms with van der Waals surface area (Å²) >= 11 is 0. The molecule has 0 saturated carbocycles. The van der Waals surface area contributed by atoms with Crippen LogP contribution in [-0.2, 0) is 20.9 Å². The Balaban J connectivity index is 1.72. The van der Waals surface area contributed by atoms with Crippen LogP contribution in [0.5, 0.6) is 5.75 Å². The van der Waals surface area contributed by atoms with Crippen LogP contribution in [0.3, 0.4) is 0 Å². The molecule has 6 heteroatoms. The van der Waals surface area contributed by atoms with Crippen LogP contribution in [0.15, 0.2) is 54.6 Å². The monoisotopic (exact) mass is 344 g/mol. The van der Waals surface area contributed by atoms with Gasteiger partial charge in [-0.05, 0) is 29.8 Å². The highest BCUT2D eigenvalue weighted by Gasteiger charge is 2.13. The first-order chi connectivity index (χ1) is 12.2. The molecule has 0 fully saturated rings. The van der Waals surface area contributed by atoms with Crippen LogP contribution < -0.4 is 15.8 Å². The molecule has 0 saturated heterocycles. The molecule has 1 amide bonds. The Morgan fingerprint density at radius 1 is 1.12 bits per heavy atom. The normalized spacial score (nSPS) is 11.8. The summed E-state index contributed by atoms with van der Waals surface area (Å²) in [5.41, 5.74) is 7.33. The van der Waals surface area contributed by atoms with Crippen molar-refractivity contribution in [3.63, 3.8) is 0 Å². The Bertz CT molecular complexity index is 649. The molecular formula is C19H24N2O4. The number of anilines is 1. The van der Waals surface area contributed by atoms with Gasteiger partial charge in [-0.1, -0.05) is 30.3 Å². The van der Waals surface area contributed by atoms with E-state index in [4.69, 9.17) is 19.9 Å². The molecule has 0 aliphatic rings. The highest BCUT2D eigenvalue weighted by molar-refractivity contribution is 5.94. The van der Waals surface area contributed by atoms with Crippen molar-refractivity contribution >= 4 is 11.6 Å². The lowest BCUT2D eigenvalue weighted by Gasteiger charge is -2.12. The molecule has 6 nitrogen and oxygen atoms in total. The molecule has 2 aromatic carbocycles. The third-order valence-corrected chi connectivity index (χ3v) is 3.39. The molecule has 3 N–H and O–H groups in total. The minimum absolute atomic E-state index is 0.177. The first kappa shape index (κ1) is 18.9. The number of hydrogen-bond donors (Lipinski definition) is 2. The Morgan fingerprint density at radius 2 is 1.92 bits per heavy atom. The van der Waals surface area contributed by atoms with Gasteiger partial charge in [0.25, 0.3) is 0 Å². The fraction of sp³-hybridized carbons (Fsp3) is 0.316. The van der Waals surface area contributed by atoms with Gasteiger partial charge in [-0.25, -0.2) is 0 Å². The van der Waals surface area contributed by atoms with Crippen molar-refractivity contribution in [3.8, 4) is 5.75 Å². The standard InChI is InChI=1S/C19H24N2O4/c1-23-14-18(20)19(22)21-16-7-5-6-15(12-16)13-24-10-11-25-17-8-3-2-4-9-17/h2-9,12,18H,10-11,13-14,20H2,1H3,(H,21,22). The third-order valence-electron chi connectivity index (χ3n) is 3.39. The van der Waals surface area contributed by atoms with Crippen LogP contribution in [0.2, 0.25) is 0 Å². The number of methoxy groups -OCH3 is 1. The minimum atomic E-state index is -0.694. The van der Waals surface area contributed by atoms with Gasteiger partial charge in [0, 0.05) is 12.8 Å². The Labute approximate surface area is 147 Å². The number of nitrogens with two attached hydrogens (primary N) is 1. The van der Waals surface area contributed by atoms with Crippen LogP contribution in [0.4, 0.5) is 5.69 Å². The van der Waals surface area contributed by atoms with Crippen molar-refractivity contribution in [2.24, 2.45) is 5.73 Å². The summed E-state index contributed by atoms with van der Waals surface area (Å²) in [5.74, 6) is 0.541. The van der Waals surface area contributed by atoms with Crippen LogP contribution in [-0.4, -0.2) is 38.9 Å². The lowest BCUT2D eigenvalue weighted by atomic mass is 10.2. The van der Waals surface area contributed by atoms with Crippen molar-refractivity contribution in [1.29, 1.82) is 0 Å². The van der Waals surface area contributed by atoms with E-state index in [1.165, 1.54) is 7.11 Å². The Hall–Kier alpha value is -2.41. The highest BCUT2D eigenvalue weighted by atomic mass is 16.5. The van der Waals surface area contributed by atoms with E-state index in [0.29, 0.717) is 25.5 Å². The molecule has 1 atom stereocenters. The molecular weight excluding hydrogens is 320 g/mol. The zero-order valence-electron chi connectivity index (χ0n) is 14.3. The molecule has 2 aromatic rings. The predicted molar refractivity (Wildman–Crippen MR) is 96.5 cm³/mol. The van der Waals surface area contributed by atoms with Gasteiger partial charge in [0.1, 0.15) is 18.4 Å². The SMILES string of the molecule is COCC(N)C(=O)Nc1cccc(COCCOc2ccccc2)c1. The second-order valence-electron chi connectivity index (χ2n) is 5.47. The second kappa shape index (κ2) is 10.5. The number of amides is 1. The van der Waals surface area contributed by atoms with Gasteiger partial charge in [0.2, 0.25) is 5.91 Å². The minimum Gasteiger partial charge on any atom is -0.491 e. The van der Waals surface area contributed by atoms with Crippen molar-refractivity contribution in [2.75, 3.05) is 32.2 Å². The van der Waals surface area contributed by atoms with Crippen molar-refractivity contribution in [2.45, 2.75) is 12.6 Å². The van der Waals surface area contributed by atoms with E-state index in [1.54, 1.807) is 6.07 Å². The zero-order chi connectivity index (χ0) is 17.9. The summed E-state index contributed by atoms with van der Waals surface area (Å²) in [5, 5.41) is 2.77. The van der Waals surface area contributed by atoms with Gasteiger partial charge in [0.15, 0.2) is 0 Å². The molecule has 25 heavy (non-hydrogen) atoms. The number of nitrogens with one attached hydrogen (secondary N) is 1. The van der Waals surface area contributed by atoms with Crippen LogP contribution in [0.1, 0.15) is 5.56 Å². The molecule has 0 aromatic heterocycles. The van der Waals surface area contributed by atoms with E-state index in [-0.39, 0.29) is 12.5 Å². The van der Waals surface area contributed by atoms with Crippen molar-refractivity contribution in [3.05, 3.63) is 60.2 Å². The quantitative estimate of drug-likeness (QED) is 0.646. The Morgan fingerprint density at radius 3 is 2.68 bits per heavy atom. The lowest BCUT2D eigenvalue weighted by molar-refractivity contribution is -0.118. The average Bonchev–Trinajstić information content (AvgIpc) is 2.63. The second-order valence-corrected chi connectivity index (χ2v) is 5.47. The number of benzene rings is 2. The fourth-order valence-corrected chi connectivity index (χ4v) is 2.15. The maximum absolute atomic E-state index is 11.9. The molecule has 0 heterocycles. The van der Waals surface area contributed by atoms with Crippen LogP contribution >= 0.6 is 0 Å². The summed E-state index contributed by atoms with van der Waals surface area (Å²) in [6.07, 6.45) is 0. The zero-order valence-corrected chi connectivity index (χ0v) is 14.3. The molecule has 134 valence electrons. The van der Waals surface area contributed by atoms with E-state index in [2.05, 4.69) is 5.32 Å². The number of carbonyl (C=O) groups is 1. The summed E-state index contributed by atoms with van der Waals surface area (Å²) in [6.45, 7) is 1.57. The number of carbonyl (C=O) groups excluding carboxylic acids is 1. The summed E-state index contributed by atoms with van der Waals surface area (Å²) in [4.78, 5) is 11.9. The topological polar surface area (TPSA) is 82.8 Å². The van der Waals surface area contributed by atoms with Gasteiger partial charge < -0.3 is 25.3 Å². The maximum atomic E-state index is 11.9. The number of rotatable bonds is 10. The van der Waals surface area contributed by atoms with Gasteiger partial charge in [-0.15, -0.1) is 0 Å². The number of para-hydroxylation sites is 1. The Kier molecular flexibility index (Phi) is 7.91. The maximum Gasteiger partial charge on any atom is 0.243 e. The summed E-state index contributed by atoms with van der Waals surface area (Å²) < 4.78 is 16.0. The van der Waals surface area contributed by atoms with Crippen molar-refractivity contribution < 1.29 is 19.0 Å². The summed E-state index contributed by atoms with van der Waals surface area (Å²) in [7, 11) is 1.51. The molecule has 1 unspecified atom stereocenters. The molecule has 0 radical (unpaired) electrons. The van der Waals surface area contributed by atoms with E-state index in [9.17, 15) is 4.79 Å². The van der Waals surface area contributed by atoms with Gasteiger partial charge in [-0.2, -0.15) is 0 Å². The van der Waals surface area contributed by atoms with E-state index < -0.39 is 6.04 Å². The third kappa shape index (κ3) is 6.93. The van der Waals surface area contributed by atoms with Gasteiger partial charge in [-0.3, -0.25) is 4.79 Å². The largest absolute Gasteiger partial charge is 0.491 e. The highest BCUT2D eigenvalue weighted by Crippen LogP contribution is 2.12. The molecule has 0 spiro atoms. The average molecular weight is 344 g/mol. The molecule has 2 rings (SSSR count). The number of hydrogen-bond acceptors (Lipinski definition) is 5. The molecule has 0 aliphatic carbocycles. The van der Waals surface area contributed by atoms with E-state index in [0.717, 1.165) is 11.3 Å². The molecule has 0 aliphatic heterocycles.